The second-order valence-corrected chi connectivity index (χ2v) is 5.94. The number of anilines is 1. The first kappa shape index (κ1) is 13.6. The van der Waals surface area contributed by atoms with Crippen LogP contribution in [-0.2, 0) is 10.0 Å². The molecule has 0 saturated heterocycles. The van der Waals surface area contributed by atoms with Crippen LogP contribution in [0.3, 0.4) is 0 Å². The zero-order valence-electron chi connectivity index (χ0n) is 10.1. The van der Waals surface area contributed by atoms with Crippen molar-refractivity contribution in [2.75, 3.05) is 19.4 Å². The van der Waals surface area contributed by atoms with Crippen LogP contribution in [0, 0.1) is 12.3 Å². The SMILES string of the molecule is C#CC(C)Nc1ccccc1S(=O)(=O)N(C)C. The molecule has 17 heavy (non-hydrogen) atoms. The van der Waals surface area contributed by atoms with Gasteiger partial charge in [0.1, 0.15) is 4.90 Å². The van der Waals surface area contributed by atoms with Crippen LogP contribution < -0.4 is 5.32 Å². The highest BCUT2D eigenvalue weighted by Gasteiger charge is 2.20. The fourth-order valence-electron chi connectivity index (χ4n) is 1.28. The first-order valence-corrected chi connectivity index (χ1v) is 6.58. The molecule has 1 N–H and O–H groups in total. The Balaban J connectivity index is 3.23. The lowest BCUT2D eigenvalue weighted by atomic mass is 10.3. The van der Waals surface area contributed by atoms with Crippen LogP contribution in [0.5, 0.6) is 0 Å². The van der Waals surface area contributed by atoms with Crippen molar-refractivity contribution in [2.24, 2.45) is 0 Å². The first-order valence-electron chi connectivity index (χ1n) is 5.14. The van der Waals surface area contributed by atoms with Gasteiger partial charge in [-0.25, -0.2) is 12.7 Å². The molecule has 0 bridgehead atoms. The maximum atomic E-state index is 12.1. The molecule has 0 saturated carbocycles. The van der Waals surface area contributed by atoms with Crippen molar-refractivity contribution in [1.82, 2.24) is 4.31 Å². The molecule has 1 atom stereocenters. The van der Waals surface area contributed by atoms with Crippen LogP contribution in [-0.4, -0.2) is 32.9 Å². The summed E-state index contributed by atoms with van der Waals surface area (Å²) in [5.74, 6) is 2.50. The average molecular weight is 252 g/mol. The second kappa shape index (κ2) is 5.21. The predicted molar refractivity (Wildman–Crippen MR) is 69.2 cm³/mol. The molecule has 4 nitrogen and oxygen atoms in total. The number of terminal acetylenes is 1. The van der Waals surface area contributed by atoms with Gasteiger partial charge in [-0.2, -0.15) is 0 Å². The fraction of sp³-hybridized carbons (Fsp3) is 0.333. The molecule has 0 fully saturated rings. The van der Waals surface area contributed by atoms with Crippen molar-refractivity contribution in [3.05, 3.63) is 24.3 Å². The molecule has 1 aromatic carbocycles. The Morgan fingerprint density at radius 1 is 1.35 bits per heavy atom. The molecule has 0 aliphatic carbocycles. The molecule has 92 valence electrons. The summed E-state index contributed by atoms with van der Waals surface area (Å²) in [6.07, 6.45) is 5.27. The van der Waals surface area contributed by atoms with Gasteiger partial charge in [-0.1, -0.05) is 18.1 Å². The van der Waals surface area contributed by atoms with E-state index in [0.29, 0.717) is 5.69 Å². The van der Waals surface area contributed by atoms with E-state index in [4.69, 9.17) is 6.42 Å². The van der Waals surface area contributed by atoms with Crippen molar-refractivity contribution >= 4 is 15.7 Å². The molecule has 0 aromatic heterocycles. The largest absolute Gasteiger partial charge is 0.371 e. The summed E-state index contributed by atoms with van der Waals surface area (Å²) >= 11 is 0. The third kappa shape index (κ3) is 2.99. The second-order valence-electron chi connectivity index (χ2n) is 3.82. The Morgan fingerprint density at radius 2 is 1.94 bits per heavy atom. The lowest BCUT2D eigenvalue weighted by Gasteiger charge is -2.17. The van der Waals surface area contributed by atoms with Crippen LogP contribution in [0.1, 0.15) is 6.92 Å². The Hall–Kier alpha value is -1.51. The Kier molecular flexibility index (Phi) is 4.16. The highest BCUT2D eigenvalue weighted by Crippen LogP contribution is 2.23. The monoisotopic (exact) mass is 252 g/mol. The van der Waals surface area contributed by atoms with Gasteiger partial charge in [-0.3, -0.25) is 0 Å². The zero-order chi connectivity index (χ0) is 13.1. The van der Waals surface area contributed by atoms with Gasteiger partial charge in [0.25, 0.3) is 0 Å². The number of sulfonamides is 1. The van der Waals surface area contributed by atoms with Crippen molar-refractivity contribution < 1.29 is 8.42 Å². The number of benzene rings is 1. The number of para-hydroxylation sites is 1. The van der Waals surface area contributed by atoms with Gasteiger partial charge in [-0.05, 0) is 19.1 Å². The molecule has 0 aliphatic rings. The van der Waals surface area contributed by atoms with E-state index in [1.807, 2.05) is 0 Å². The summed E-state index contributed by atoms with van der Waals surface area (Å²) in [5, 5.41) is 2.98. The minimum atomic E-state index is -3.46. The van der Waals surface area contributed by atoms with Gasteiger partial charge in [0.15, 0.2) is 0 Å². The van der Waals surface area contributed by atoms with Crippen LogP contribution in [0.15, 0.2) is 29.2 Å². The van der Waals surface area contributed by atoms with Crippen LogP contribution in [0.25, 0.3) is 0 Å². The Labute approximate surface area is 103 Å². The zero-order valence-corrected chi connectivity index (χ0v) is 11.0. The molecule has 0 aliphatic heterocycles. The van der Waals surface area contributed by atoms with E-state index in [2.05, 4.69) is 11.2 Å². The molecular weight excluding hydrogens is 236 g/mol. The average Bonchev–Trinajstić information content (AvgIpc) is 2.29. The molecule has 0 radical (unpaired) electrons. The highest BCUT2D eigenvalue weighted by atomic mass is 32.2. The summed E-state index contributed by atoms with van der Waals surface area (Å²) in [5.41, 5.74) is 0.520. The molecule has 1 aromatic rings. The topological polar surface area (TPSA) is 49.4 Å². The smallest absolute Gasteiger partial charge is 0.244 e. The number of nitrogens with zero attached hydrogens (tertiary/aromatic N) is 1. The summed E-state index contributed by atoms with van der Waals surface area (Å²) < 4.78 is 25.3. The molecule has 5 heteroatoms. The van der Waals surface area contributed by atoms with E-state index in [-0.39, 0.29) is 10.9 Å². The van der Waals surface area contributed by atoms with E-state index < -0.39 is 10.0 Å². The van der Waals surface area contributed by atoms with E-state index in [0.717, 1.165) is 0 Å². The minimum absolute atomic E-state index is 0.228. The maximum Gasteiger partial charge on any atom is 0.244 e. The summed E-state index contributed by atoms with van der Waals surface area (Å²) in [4.78, 5) is 0.229. The summed E-state index contributed by atoms with van der Waals surface area (Å²) in [6, 6.07) is 6.47. The molecule has 0 spiro atoms. The van der Waals surface area contributed by atoms with Gasteiger partial charge in [0, 0.05) is 14.1 Å². The van der Waals surface area contributed by atoms with Crippen LogP contribution in [0.2, 0.25) is 0 Å². The molecule has 0 amide bonds. The van der Waals surface area contributed by atoms with Crippen molar-refractivity contribution in [1.29, 1.82) is 0 Å². The first-order chi connectivity index (χ1) is 7.89. The summed E-state index contributed by atoms with van der Waals surface area (Å²) in [6.45, 7) is 1.79. The summed E-state index contributed by atoms with van der Waals surface area (Å²) in [7, 11) is -0.466. The number of rotatable bonds is 4. The molecular formula is C12H16N2O2S. The number of nitrogens with one attached hydrogen (secondary N) is 1. The van der Waals surface area contributed by atoms with Gasteiger partial charge < -0.3 is 5.32 Å². The van der Waals surface area contributed by atoms with E-state index in [9.17, 15) is 8.42 Å². The number of hydrogen-bond donors (Lipinski definition) is 1. The Morgan fingerprint density at radius 3 is 2.47 bits per heavy atom. The van der Waals surface area contributed by atoms with Gasteiger partial charge in [-0.15, -0.1) is 6.42 Å². The predicted octanol–water partition coefficient (Wildman–Crippen LogP) is 1.37. The van der Waals surface area contributed by atoms with Crippen molar-refractivity contribution in [3.8, 4) is 12.3 Å². The maximum absolute atomic E-state index is 12.1. The van der Waals surface area contributed by atoms with Crippen LogP contribution >= 0.6 is 0 Å². The van der Waals surface area contributed by atoms with Crippen LogP contribution in [0.4, 0.5) is 5.69 Å². The van der Waals surface area contributed by atoms with Gasteiger partial charge in [0.2, 0.25) is 10.0 Å². The number of hydrogen-bond acceptors (Lipinski definition) is 3. The standard InChI is InChI=1S/C12H16N2O2S/c1-5-10(2)13-11-8-6-7-9-12(11)17(15,16)14(3)4/h1,6-10,13H,2-4H3. The lowest BCUT2D eigenvalue weighted by Crippen LogP contribution is -2.24. The van der Waals surface area contributed by atoms with E-state index in [1.54, 1.807) is 31.2 Å². The molecule has 1 rings (SSSR count). The van der Waals surface area contributed by atoms with Crippen molar-refractivity contribution in [3.63, 3.8) is 0 Å². The molecule has 0 heterocycles. The van der Waals surface area contributed by atoms with Gasteiger partial charge in [0.05, 0.1) is 11.7 Å². The minimum Gasteiger partial charge on any atom is -0.371 e. The highest BCUT2D eigenvalue weighted by molar-refractivity contribution is 7.89. The Bertz CT molecular complexity index is 530. The normalized spacial score (nSPS) is 13.1. The quantitative estimate of drug-likeness (QED) is 0.823. The lowest BCUT2D eigenvalue weighted by molar-refractivity contribution is 0.521. The third-order valence-corrected chi connectivity index (χ3v) is 4.14. The van der Waals surface area contributed by atoms with E-state index in [1.165, 1.54) is 18.4 Å². The molecule has 1 unspecified atom stereocenters. The van der Waals surface area contributed by atoms with E-state index >= 15 is 0 Å². The fourth-order valence-corrected chi connectivity index (χ4v) is 2.33. The third-order valence-electron chi connectivity index (χ3n) is 2.27. The van der Waals surface area contributed by atoms with Gasteiger partial charge >= 0.3 is 0 Å². The van der Waals surface area contributed by atoms with Crippen molar-refractivity contribution in [2.45, 2.75) is 17.9 Å².